The van der Waals surface area contributed by atoms with Crippen molar-refractivity contribution < 1.29 is 13.9 Å². The van der Waals surface area contributed by atoms with E-state index in [0.717, 1.165) is 11.1 Å². The number of morpholine rings is 1. The minimum atomic E-state index is -0.276. The van der Waals surface area contributed by atoms with Gasteiger partial charge in [0, 0.05) is 13.1 Å². The van der Waals surface area contributed by atoms with Crippen LogP contribution in [0.5, 0.6) is 0 Å². The van der Waals surface area contributed by atoms with E-state index in [-0.39, 0.29) is 29.8 Å². The lowest BCUT2D eigenvalue weighted by Gasteiger charge is -2.35. The van der Waals surface area contributed by atoms with E-state index in [1.54, 1.807) is 12.1 Å². The Morgan fingerprint density at radius 3 is 2.62 bits per heavy atom. The normalized spacial score (nSPS) is 26.0. The molecule has 6 heteroatoms. The summed E-state index contributed by atoms with van der Waals surface area (Å²) in [6.07, 6.45) is -0.0968. The summed E-state index contributed by atoms with van der Waals surface area (Å²) >= 11 is 0. The van der Waals surface area contributed by atoms with E-state index < -0.39 is 0 Å². The van der Waals surface area contributed by atoms with Crippen LogP contribution in [0.15, 0.2) is 54.6 Å². The molecule has 0 radical (unpaired) electrons. The monoisotopic (exact) mass is 355 g/mol. The minimum Gasteiger partial charge on any atom is -0.370 e. The molecule has 3 atom stereocenters. The molecular formula is C20H22FN3O2. The Kier molecular flexibility index (Phi) is 4.97. The molecule has 2 N–H and O–H groups in total. The molecule has 2 aliphatic heterocycles. The fraction of sp³-hybridized carbons (Fsp3) is 0.350. The average Bonchev–Trinajstić information content (AvgIpc) is 3.18. The Morgan fingerprint density at radius 2 is 1.85 bits per heavy atom. The van der Waals surface area contributed by atoms with E-state index in [2.05, 4.69) is 10.9 Å². The van der Waals surface area contributed by atoms with Gasteiger partial charge in [-0.1, -0.05) is 42.5 Å². The van der Waals surface area contributed by atoms with Gasteiger partial charge in [-0.05, 0) is 23.3 Å². The van der Waals surface area contributed by atoms with Crippen molar-refractivity contribution in [2.24, 2.45) is 5.92 Å². The molecule has 0 saturated carbocycles. The molecule has 1 amide bonds. The van der Waals surface area contributed by atoms with Crippen molar-refractivity contribution in [3.8, 4) is 0 Å². The van der Waals surface area contributed by atoms with E-state index in [9.17, 15) is 9.18 Å². The lowest BCUT2D eigenvalue weighted by atomic mass is 9.93. The molecule has 2 aliphatic rings. The predicted molar refractivity (Wildman–Crippen MR) is 95.5 cm³/mol. The van der Waals surface area contributed by atoms with Gasteiger partial charge in [0.05, 0.1) is 25.1 Å². The van der Waals surface area contributed by atoms with Crippen molar-refractivity contribution >= 4 is 5.91 Å². The highest BCUT2D eigenvalue weighted by molar-refractivity contribution is 5.80. The summed E-state index contributed by atoms with van der Waals surface area (Å²) in [6, 6.07) is 16.1. The molecule has 2 aromatic rings. The third kappa shape index (κ3) is 3.49. The molecule has 5 nitrogen and oxygen atoms in total. The zero-order chi connectivity index (χ0) is 17.9. The molecule has 26 heavy (non-hydrogen) atoms. The summed E-state index contributed by atoms with van der Waals surface area (Å²) < 4.78 is 19.1. The van der Waals surface area contributed by atoms with E-state index in [0.29, 0.717) is 26.2 Å². The van der Waals surface area contributed by atoms with Crippen molar-refractivity contribution in [1.82, 2.24) is 15.8 Å². The van der Waals surface area contributed by atoms with Gasteiger partial charge in [0.1, 0.15) is 11.9 Å². The van der Waals surface area contributed by atoms with Gasteiger partial charge < -0.3 is 9.64 Å². The van der Waals surface area contributed by atoms with Crippen LogP contribution >= 0.6 is 0 Å². The number of halogens is 1. The van der Waals surface area contributed by atoms with E-state index in [4.69, 9.17) is 4.74 Å². The minimum absolute atomic E-state index is 0.0968. The van der Waals surface area contributed by atoms with Crippen molar-refractivity contribution in [2.45, 2.75) is 12.1 Å². The number of hydrazine groups is 1. The number of ether oxygens (including phenoxy) is 1. The number of hydrogen-bond acceptors (Lipinski definition) is 4. The Labute approximate surface area is 152 Å². The van der Waals surface area contributed by atoms with Gasteiger partial charge >= 0.3 is 0 Å². The van der Waals surface area contributed by atoms with Crippen LogP contribution in [0.4, 0.5) is 4.39 Å². The van der Waals surface area contributed by atoms with Crippen LogP contribution in [-0.2, 0) is 9.53 Å². The first-order chi connectivity index (χ1) is 12.7. The van der Waals surface area contributed by atoms with Crippen molar-refractivity contribution in [2.75, 3.05) is 26.2 Å². The second-order valence-electron chi connectivity index (χ2n) is 6.72. The van der Waals surface area contributed by atoms with Crippen molar-refractivity contribution in [1.29, 1.82) is 0 Å². The summed E-state index contributed by atoms with van der Waals surface area (Å²) in [5.74, 6) is -0.405. The first kappa shape index (κ1) is 17.1. The second kappa shape index (κ2) is 7.53. The summed E-state index contributed by atoms with van der Waals surface area (Å²) in [4.78, 5) is 15.0. The van der Waals surface area contributed by atoms with Gasteiger partial charge in [-0.3, -0.25) is 10.2 Å². The molecule has 4 rings (SSSR count). The molecule has 2 aromatic carbocycles. The second-order valence-corrected chi connectivity index (χ2v) is 6.72. The number of hydrogen-bond donors (Lipinski definition) is 2. The van der Waals surface area contributed by atoms with Gasteiger partial charge in [0.2, 0.25) is 5.91 Å². The topological polar surface area (TPSA) is 53.6 Å². The summed E-state index contributed by atoms with van der Waals surface area (Å²) in [5, 5.41) is 0. The Morgan fingerprint density at radius 1 is 1.08 bits per heavy atom. The Balaban J connectivity index is 1.48. The van der Waals surface area contributed by atoms with Gasteiger partial charge in [0.15, 0.2) is 0 Å². The number of nitrogens with zero attached hydrogens (tertiary/aromatic N) is 1. The molecule has 3 unspecified atom stereocenters. The molecule has 2 saturated heterocycles. The third-order valence-corrected chi connectivity index (χ3v) is 5.08. The summed E-state index contributed by atoms with van der Waals surface area (Å²) in [7, 11) is 0. The third-order valence-electron chi connectivity index (χ3n) is 5.08. The predicted octanol–water partition coefficient (Wildman–Crippen LogP) is 2.19. The molecule has 0 aromatic heterocycles. The highest BCUT2D eigenvalue weighted by Crippen LogP contribution is 2.29. The first-order valence-electron chi connectivity index (χ1n) is 8.91. The maximum Gasteiger partial charge on any atom is 0.229 e. The SMILES string of the molecule is O=C(C1CNNC1c1ccc(F)cc1)N1CCOC(c2ccccc2)C1. The van der Waals surface area contributed by atoms with Gasteiger partial charge in [-0.25, -0.2) is 9.82 Å². The van der Waals surface area contributed by atoms with Crippen molar-refractivity contribution in [3.05, 3.63) is 71.5 Å². The van der Waals surface area contributed by atoms with Crippen LogP contribution in [-0.4, -0.2) is 37.0 Å². The molecule has 2 fully saturated rings. The Hall–Kier alpha value is -2.28. The van der Waals surface area contributed by atoms with E-state index in [1.807, 2.05) is 35.2 Å². The zero-order valence-electron chi connectivity index (χ0n) is 14.4. The largest absolute Gasteiger partial charge is 0.370 e. The van der Waals surface area contributed by atoms with E-state index >= 15 is 0 Å². The van der Waals surface area contributed by atoms with Crippen molar-refractivity contribution in [3.63, 3.8) is 0 Å². The smallest absolute Gasteiger partial charge is 0.229 e. The molecule has 2 heterocycles. The number of nitrogens with one attached hydrogen (secondary N) is 2. The number of amides is 1. The lowest BCUT2D eigenvalue weighted by Crippen LogP contribution is -2.46. The quantitative estimate of drug-likeness (QED) is 0.886. The molecule has 0 bridgehead atoms. The first-order valence-corrected chi connectivity index (χ1v) is 8.91. The maximum absolute atomic E-state index is 13.2. The van der Waals surface area contributed by atoms with Crippen LogP contribution < -0.4 is 10.9 Å². The summed E-state index contributed by atoms with van der Waals surface area (Å²) in [5.41, 5.74) is 8.22. The standard InChI is InChI=1S/C20H22FN3O2/c21-16-8-6-15(7-9-16)19-17(12-22-23-19)20(25)24-10-11-26-18(13-24)14-4-2-1-3-5-14/h1-9,17-19,22-23H,10-13H2. The zero-order valence-corrected chi connectivity index (χ0v) is 14.4. The molecule has 136 valence electrons. The number of rotatable bonds is 3. The maximum atomic E-state index is 13.2. The number of carbonyl (C=O) groups is 1. The van der Waals surface area contributed by atoms with Crippen LogP contribution in [0.1, 0.15) is 23.3 Å². The fourth-order valence-corrected chi connectivity index (χ4v) is 3.67. The van der Waals surface area contributed by atoms with Crippen LogP contribution in [0.2, 0.25) is 0 Å². The molecular weight excluding hydrogens is 333 g/mol. The Bertz CT molecular complexity index is 753. The van der Waals surface area contributed by atoms with Crippen LogP contribution in [0.3, 0.4) is 0 Å². The number of carbonyl (C=O) groups excluding carboxylic acids is 1. The van der Waals surface area contributed by atoms with E-state index in [1.165, 1.54) is 12.1 Å². The van der Waals surface area contributed by atoms with Crippen LogP contribution in [0.25, 0.3) is 0 Å². The number of benzene rings is 2. The van der Waals surface area contributed by atoms with Gasteiger partial charge in [0.25, 0.3) is 0 Å². The fourth-order valence-electron chi connectivity index (χ4n) is 3.67. The highest BCUT2D eigenvalue weighted by Gasteiger charge is 2.38. The molecule has 0 spiro atoms. The van der Waals surface area contributed by atoms with Gasteiger partial charge in [-0.2, -0.15) is 0 Å². The average molecular weight is 355 g/mol. The highest BCUT2D eigenvalue weighted by atomic mass is 19.1. The lowest BCUT2D eigenvalue weighted by molar-refractivity contribution is -0.143. The molecule has 0 aliphatic carbocycles. The summed E-state index contributed by atoms with van der Waals surface area (Å²) in [6.45, 7) is 2.22. The van der Waals surface area contributed by atoms with Crippen LogP contribution in [0, 0.1) is 11.7 Å². The van der Waals surface area contributed by atoms with Gasteiger partial charge in [-0.15, -0.1) is 0 Å².